The molecule has 1 aliphatic rings. The Kier molecular flexibility index (Phi) is 2.27. The van der Waals surface area contributed by atoms with Crippen LogP contribution in [0, 0.1) is 0 Å². The van der Waals surface area contributed by atoms with Crippen LogP contribution >= 0.6 is 0 Å². The Morgan fingerprint density at radius 3 is 2.77 bits per heavy atom. The fourth-order valence-corrected chi connectivity index (χ4v) is 1.19. The number of hydrogen-bond acceptors (Lipinski definition) is 3. The van der Waals surface area contributed by atoms with E-state index in [0.717, 1.165) is 6.54 Å². The molecule has 0 radical (unpaired) electrons. The van der Waals surface area contributed by atoms with Crippen molar-refractivity contribution in [2.45, 2.75) is 6.54 Å². The molecule has 3 heteroatoms. The van der Waals surface area contributed by atoms with Crippen molar-refractivity contribution in [3.63, 3.8) is 0 Å². The van der Waals surface area contributed by atoms with Gasteiger partial charge in [-0.05, 0) is 11.6 Å². The molecule has 0 saturated carbocycles. The summed E-state index contributed by atoms with van der Waals surface area (Å²) >= 11 is 0. The van der Waals surface area contributed by atoms with Crippen LogP contribution in [-0.2, 0) is 6.54 Å². The van der Waals surface area contributed by atoms with Gasteiger partial charge in [-0.15, -0.1) is 0 Å². The molecule has 0 saturated heterocycles. The van der Waals surface area contributed by atoms with E-state index in [1.165, 1.54) is 5.56 Å². The number of hydrazone groups is 1. The SMILES string of the molecule is C1=CN(Cc2ccccc2)NN=C1. The fourth-order valence-electron chi connectivity index (χ4n) is 1.19. The van der Waals surface area contributed by atoms with Crippen molar-refractivity contribution in [3.05, 3.63) is 48.2 Å². The molecule has 0 aliphatic carbocycles. The van der Waals surface area contributed by atoms with Crippen molar-refractivity contribution < 1.29 is 0 Å². The molecule has 13 heavy (non-hydrogen) atoms. The maximum Gasteiger partial charge on any atom is 0.0653 e. The molecule has 1 N–H and O–H groups in total. The molecular formula is C10H11N3. The van der Waals surface area contributed by atoms with Gasteiger partial charge in [0.1, 0.15) is 0 Å². The summed E-state index contributed by atoms with van der Waals surface area (Å²) in [6, 6.07) is 10.3. The van der Waals surface area contributed by atoms with Gasteiger partial charge in [0.15, 0.2) is 0 Å². The summed E-state index contributed by atoms with van der Waals surface area (Å²) in [5.41, 5.74) is 4.14. The largest absolute Gasteiger partial charge is 0.275 e. The topological polar surface area (TPSA) is 27.6 Å². The smallest absolute Gasteiger partial charge is 0.0653 e. The number of rotatable bonds is 2. The minimum atomic E-state index is 0.828. The highest BCUT2D eigenvalue weighted by molar-refractivity contribution is 5.71. The van der Waals surface area contributed by atoms with Gasteiger partial charge in [0.2, 0.25) is 0 Å². The monoisotopic (exact) mass is 173 g/mol. The first-order chi connectivity index (χ1) is 6.45. The van der Waals surface area contributed by atoms with E-state index in [0.29, 0.717) is 0 Å². The van der Waals surface area contributed by atoms with Gasteiger partial charge < -0.3 is 0 Å². The average molecular weight is 173 g/mol. The van der Waals surface area contributed by atoms with E-state index in [4.69, 9.17) is 0 Å². The van der Waals surface area contributed by atoms with Gasteiger partial charge in [-0.25, -0.2) is 5.53 Å². The highest BCUT2D eigenvalue weighted by Crippen LogP contribution is 2.03. The van der Waals surface area contributed by atoms with Crippen LogP contribution in [0.3, 0.4) is 0 Å². The Hall–Kier alpha value is -1.77. The molecule has 1 aromatic carbocycles. The third-order valence-corrected chi connectivity index (χ3v) is 1.81. The molecule has 1 heterocycles. The second kappa shape index (κ2) is 3.76. The third kappa shape index (κ3) is 2.08. The van der Waals surface area contributed by atoms with Gasteiger partial charge in [-0.1, -0.05) is 30.3 Å². The first-order valence-electron chi connectivity index (χ1n) is 4.21. The van der Waals surface area contributed by atoms with Gasteiger partial charge in [-0.2, -0.15) is 5.10 Å². The van der Waals surface area contributed by atoms with Crippen LogP contribution in [0.5, 0.6) is 0 Å². The highest BCUT2D eigenvalue weighted by atomic mass is 15.6. The molecule has 0 aromatic heterocycles. The van der Waals surface area contributed by atoms with E-state index < -0.39 is 0 Å². The first kappa shape index (κ1) is 7.86. The number of benzene rings is 1. The maximum atomic E-state index is 3.92. The number of hydrogen-bond donors (Lipinski definition) is 1. The van der Waals surface area contributed by atoms with Gasteiger partial charge in [-0.3, -0.25) is 5.01 Å². The summed E-state index contributed by atoms with van der Waals surface area (Å²) < 4.78 is 0. The minimum Gasteiger partial charge on any atom is -0.275 e. The predicted octanol–water partition coefficient (Wildman–Crippen LogP) is 1.51. The molecule has 3 nitrogen and oxygen atoms in total. The normalized spacial score (nSPS) is 14.3. The van der Waals surface area contributed by atoms with Crippen LogP contribution in [0.2, 0.25) is 0 Å². The third-order valence-electron chi connectivity index (χ3n) is 1.81. The number of allylic oxidation sites excluding steroid dienone is 1. The van der Waals surface area contributed by atoms with Gasteiger partial charge in [0, 0.05) is 6.20 Å². The minimum absolute atomic E-state index is 0.828. The molecule has 0 unspecified atom stereocenters. The summed E-state index contributed by atoms with van der Waals surface area (Å²) in [7, 11) is 0. The maximum absolute atomic E-state index is 3.92. The molecule has 66 valence electrons. The Balaban J connectivity index is 1.99. The summed E-state index contributed by atoms with van der Waals surface area (Å²) in [5.74, 6) is 0. The van der Waals surface area contributed by atoms with E-state index in [9.17, 15) is 0 Å². The summed E-state index contributed by atoms with van der Waals surface area (Å²) in [5, 5.41) is 5.84. The number of nitrogens with zero attached hydrogens (tertiary/aromatic N) is 2. The average Bonchev–Trinajstić information content (AvgIpc) is 2.21. The van der Waals surface area contributed by atoms with E-state index >= 15 is 0 Å². The van der Waals surface area contributed by atoms with Crippen LogP contribution in [-0.4, -0.2) is 11.2 Å². The second-order valence-electron chi connectivity index (χ2n) is 2.83. The number of nitrogens with one attached hydrogen (secondary N) is 1. The first-order valence-corrected chi connectivity index (χ1v) is 4.21. The number of hydrazine groups is 1. The highest BCUT2D eigenvalue weighted by Gasteiger charge is 1.99. The lowest BCUT2D eigenvalue weighted by molar-refractivity contribution is 0.266. The molecule has 1 aliphatic heterocycles. The lowest BCUT2D eigenvalue weighted by atomic mass is 10.2. The zero-order valence-electron chi connectivity index (χ0n) is 7.22. The van der Waals surface area contributed by atoms with Gasteiger partial charge >= 0.3 is 0 Å². The van der Waals surface area contributed by atoms with Crippen LogP contribution in [0.25, 0.3) is 0 Å². The molecule has 0 atom stereocenters. The van der Waals surface area contributed by atoms with Crippen LogP contribution < -0.4 is 5.53 Å². The molecule has 0 bridgehead atoms. The van der Waals surface area contributed by atoms with Crippen LogP contribution in [0.1, 0.15) is 5.56 Å². The second-order valence-corrected chi connectivity index (χ2v) is 2.83. The predicted molar refractivity (Wildman–Crippen MR) is 52.8 cm³/mol. The summed E-state index contributed by atoms with van der Waals surface area (Å²) in [4.78, 5) is 0. The van der Waals surface area contributed by atoms with Crippen molar-refractivity contribution in [1.29, 1.82) is 0 Å². The van der Waals surface area contributed by atoms with Crippen molar-refractivity contribution in [1.82, 2.24) is 10.5 Å². The van der Waals surface area contributed by atoms with Crippen LogP contribution in [0.4, 0.5) is 0 Å². The molecule has 1 aromatic rings. The van der Waals surface area contributed by atoms with Crippen molar-refractivity contribution >= 4 is 6.21 Å². The molecule has 0 fully saturated rings. The van der Waals surface area contributed by atoms with Crippen molar-refractivity contribution in [3.8, 4) is 0 Å². The Labute approximate surface area is 77.3 Å². The Bertz CT molecular complexity index is 316. The Morgan fingerprint density at radius 2 is 2.08 bits per heavy atom. The summed E-state index contributed by atoms with van der Waals surface area (Å²) in [6.07, 6.45) is 5.58. The molecular weight excluding hydrogens is 162 g/mol. The fraction of sp³-hybridized carbons (Fsp3) is 0.100. The van der Waals surface area contributed by atoms with Gasteiger partial charge in [0.25, 0.3) is 0 Å². The standard InChI is InChI=1S/C10H11N3/c1-2-5-10(6-3-1)9-13-8-4-7-11-12-13/h1-8,12H,9H2. The van der Waals surface area contributed by atoms with Gasteiger partial charge in [0.05, 0.1) is 12.8 Å². The molecule has 0 spiro atoms. The lowest BCUT2D eigenvalue weighted by Crippen LogP contribution is -2.30. The van der Waals surface area contributed by atoms with E-state index in [1.54, 1.807) is 6.21 Å². The van der Waals surface area contributed by atoms with E-state index in [2.05, 4.69) is 22.8 Å². The van der Waals surface area contributed by atoms with Crippen molar-refractivity contribution in [2.24, 2.45) is 5.10 Å². The van der Waals surface area contributed by atoms with E-state index in [1.807, 2.05) is 35.5 Å². The molecule has 0 amide bonds. The Morgan fingerprint density at radius 1 is 1.23 bits per heavy atom. The zero-order valence-corrected chi connectivity index (χ0v) is 7.22. The molecule has 2 rings (SSSR count). The van der Waals surface area contributed by atoms with Crippen LogP contribution in [0.15, 0.2) is 47.7 Å². The lowest BCUT2D eigenvalue weighted by Gasteiger charge is -2.20. The van der Waals surface area contributed by atoms with Crippen molar-refractivity contribution in [2.75, 3.05) is 0 Å². The zero-order chi connectivity index (χ0) is 8.93. The summed E-state index contributed by atoms with van der Waals surface area (Å²) in [6.45, 7) is 0.828. The quantitative estimate of drug-likeness (QED) is 0.734. The van der Waals surface area contributed by atoms with E-state index in [-0.39, 0.29) is 0 Å².